The Kier molecular flexibility index (Phi) is 4.09. The zero-order valence-electron chi connectivity index (χ0n) is 11.7. The fraction of sp³-hybridized carbons (Fsp3) is 0.385. The van der Waals surface area contributed by atoms with Gasteiger partial charge in [-0.1, -0.05) is 0 Å². The second-order valence-electron chi connectivity index (χ2n) is 4.37. The van der Waals surface area contributed by atoms with Gasteiger partial charge in [-0.2, -0.15) is 0 Å². The van der Waals surface area contributed by atoms with Gasteiger partial charge in [-0.15, -0.1) is 0 Å². The number of amides is 1. The largest absolute Gasteiger partial charge is 0.497 e. The number of carbonyl (C=O) groups is 1. The van der Waals surface area contributed by atoms with Crippen molar-refractivity contribution in [2.75, 3.05) is 21.3 Å². The average Bonchev–Trinajstić information content (AvgIpc) is 2.76. The molecule has 0 aliphatic heterocycles. The highest BCUT2D eigenvalue weighted by atomic mass is 16.5. The van der Waals surface area contributed by atoms with E-state index in [2.05, 4.69) is 4.98 Å². The molecule has 1 amide bonds. The molecule has 0 saturated heterocycles. The normalized spacial score (nSPS) is 10.8. The van der Waals surface area contributed by atoms with Crippen molar-refractivity contribution in [3.8, 4) is 5.75 Å². The van der Waals surface area contributed by atoms with Crippen LogP contribution in [0.5, 0.6) is 5.75 Å². The molecule has 0 bridgehead atoms. The number of ether oxygens (including phenoxy) is 2. The third kappa shape index (κ3) is 2.67. The molecule has 1 N–H and O–H groups in total. The minimum atomic E-state index is -1.00. The van der Waals surface area contributed by atoms with Crippen LogP contribution in [0.2, 0.25) is 0 Å². The van der Waals surface area contributed by atoms with Gasteiger partial charge in [-0.3, -0.25) is 0 Å². The van der Waals surface area contributed by atoms with E-state index in [1.165, 1.54) is 11.9 Å². The topological polar surface area (TPSA) is 76.8 Å². The monoisotopic (exact) mass is 279 g/mol. The van der Waals surface area contributed by atoms with Crippen molar-refractivity contribution in [2.24, 2.45) is 0 Å². The highest BCUT2D eigenvalue weighted by molar-refractivity contribution is 5.78. The van der Waals surface area contributed by atoms with E-state index in [1.54, 1.807) is 14.2 Å². The minimum Gasteiger partial charge on any atom is -0.497 e. The second-order valence-corrected chi connectivity index (χ2v) is 4.37. The van der Waals surface area contributed by atoms with E-state index in [1.807, 2.05) is 22.8 Å². The summed E-state index contributed by atoms with van der Waals surface area (Å²) < 4.78 is 12.2. The van der Waals surface area contributed by atoms with Gasteiger partial charge in [0.2, 0.25) is 0 Å². The second kappa shape index (κ2) is 5.79. The van der Waals surface area contributed by atoms with Gasteiger partial charge < -0.3 is 24.0 Å². The summed E-state index contributed by atoms with van der Waals surface area (Å²) in [6, 6.07) is 5.52. The fourth-order valence-electron chi connectivity index (χ4n) is 1.96. The summed E-state index contributed by atoms with van der Waals surface area (Å²) >= 11 is 0. The molecule has 0 spiro atoms. The summed E-state index contributed by atoms with van der Waals surface area (Å²) in [6.45, 7) is 0.501. The molecule has 0 radical (unpaired) electrons. The summed E-state index contributed by atoms with van der Waals surface area (Å²) in [6.07, 6.45) is -1.00. The molecule has 1 heterocycles. The number of imidazole rings is 1. The molecule has 0 aliphatic rings. The number of rotatable bonds is 5. The van der Waals surface area contributed by atoms with E-state index in [4.69, 9.17) is 14.6 Å². The van der Waals surface area contributed by atoms with Crippen molar-refractivity contribution in [1.29, 1.82) is 0 Å². The van der Waals surface area contributed by atoms with Gasteiger partial charge in [0.15, 0.2) is 0 Å². The van der Waals surface area contributed by atoms with Crippen LogP contribution in [0.1, 0.15) is 5.82 Å². The first-order valence-corrected chi connectivity index (χ1v) is 6.03. The van der Waals surface area contributed by atoms with Crippen LogP contribution in [-0.4, -0.2) is 46.9 Å². The van der Waals surface area contributed by atoms with Crippen molar-refractivity contribution < 1.29 is 19.4 Å². The lowest BCUT2D eigenvalue weighted by Gasteiger charge is -2.14. The first-order chi connectivity index (χ1) is 9.56. The molecule has 2 rings (SSSR count). The number of hydrogen-bond acceptors (Lipinski definition) is 4. The molecule has 20 heavy (non-hydrogen) atoms. The van der Waals surface area contributed by atoms with Crippen molar-refractivity contribution >= 4 is 17.1 Å². The predicted octanol–water partition coefficient (Wildman–Crippen LogP) is 1.76. The van der Waals surface area contributed by atoms with Gasteiger partial charge in [0, 0.05) is 20.2 Å². The maximum atomic E-state index is 10.9. The molecule has 0 unspecified atom stereocenters. The molecule has 0 atom stereocenters. The molecule has 0 aliphatic carbocycles. The average molecular weight is 279 g/mol. The van der Waals surface area contributed by atoms with Crippen LogP contribution < -0.4 is 4.74 Å². The maximum Gasteiger partial charge on any atom is 0.407 e. The molecule has 108 valence electrons. The van der Waals surface area contributed by atoms with E-state index >= 15 is 0 Å². The van der Waals surface area contributed by atoms with E-state index in [-0.39, 0.29) is 6.54 Å². The van der Waals surface area contributed by atoms with Crippen LogP contribution >= 0.6 is 0 Å². The van der Waals surface area contributed by atoms with Crippen LogP contribution in [0, 0.1) is 0 Å². The van der Waals surface area contributed by atoms with Crippen molar-refractivity contribution in [3.05, 3.63) is 24.0 Å². The lowest BCUT2D eigenvalue weighted by molar-refractivity contribution is 0.126. The molecule has 7 nitrogen and oxygen atoms in total. The highest BCUT2D eigenvalue weighted by Gasteiger charge is 2.15. The quantitative estimate of drug-likeness (QED) is 0.902. The molecular weight excluding hydrogens is 262 g/mol. The van der Waals surface area contributed by atoms with E-state index in [9.17, 15) is 4.79 Å². The summed E-state index contributed by atoms with van der Waals surface area (Å²) in [5.74, 6) is 1.33. The number of nitrogens with zero attached hydrogens (tertiary/aromatic N) is 3. The Balaban J connectivity index is 2.46. The number of carboxylic acid groups (broad SMARTS) is 1. The standard InChI is InChI=1S/C13H17N3O4/c1-15(13(17)18)7-12-14-10-6-9(20-3)4-5-11(10)16(12)8-19-2/h4-6H,7-8H2,1-3H3,(H,17,18). The summed E-state index contributed by atoms with van der Waals surface area (Å²) in [5, 5.41) is 8.96. The number of aromatic nitrogens is 2. The molecule has 2 aromatic rings. The van der Waals surface area contributed by atoms with Gasteiger partial charge in [0.05, 0.1) is 24.7 Å². The number of benzene rings is 1. The molecule has 0 saturated carbocycles. The molecule has 1 aromatic heterocycles. The van der Waals surface area contributed by atoms with Crippen LogP contribution in [-0.2, 0) is 18.0 Å². The zero-order valence-corrected chi connectivity index (χ0v) is 11.7. The molecular formula is C13H17N3O4. The first kappa shape index (κ1) is 14.1. The van der Waals surface area contributed by atoms with Gasteiger partial charge in [0.25, 0.3) is 0 Å². The number of hydrogen-bond donors (Lipinski definition) is 1. The Hall–Kier alpha value is -2.28. The lowest BCUT2D eigenvalue weighted by atomic mass is 10.3. The van der Waals surface area contributed by atoms with Gasteiger partial charge in [0.1, 0.15) is 18.3 Å². The Bertz CT molecular complexity index is 623. The van der Waals surface area contributed by atoms with E-state index in [0.717, 1.165) is 11.0 Å². The Morgan fingerprint density at radius 1 is 1.45 bits per heavy atom. The maximum absolute atomic E-state index is 10.9. The predicted molar refractivity (Wildman–Crippen MR) is 72.8 cm³/mol. The molecule has 1 aromatic carbocycles. The SMILES string of the molecule is COCn1c(CN(C)C(=O)O)nc2cc(OC)ccc21. The van der Waals surface area contributed by atoms with Crippen LogP contribution in [0.15, 0.2) is 18.2 Å². The van der Waals surface area contributed by atoms with Crippen LogP contribution in [0.25, 0.3) is 11.0 Å². The third-order valence-corrected chi connectivity index (χ3v) is 3.00. The Morgan fingerprint density at radius 2 is 2.20 bits per heavy atom. The highest BCUT2D eigenvalue weighted by Crippen LogP contribution is 2.22. The van der Waals surface area contributed by atoms with Crippen LogP contribution in [0.4, 0.5) is 4.79 Å². The van der Waals surface area contributed by atoms with Crippen molar-refractivity contribution in [1.82, 2.24) is 14.5 Å². The molecule has 0 fully saturated rings. The lowest BCUT2D eigenvalue weighted by Crippen LogP contribution is -2.26. The number of fused-ring (bicyclic) bond motifs is 1. The zero-order chi connectivity index (χ0) is 14.7. The van der Waals surface area contributed by atoms with Gasteiger partial charge >= 0.3 is 6.09 Å². The van der Waals surface area contributed by atoms with E-state index < -0.39 is 6.09 Å². The Labute approximate surface area is 116 Å². The Morgan fingerprint density at radius 3 is 2.80 bits per heavy atom. The summed E-state index contributed by atoms with van der Waals surface area (Å²) in [7, 11) is 4.67. The first-order valence-electron chi connectivity index (χ1n) is 6.03. The fourth-order valence-corrected chi connectivity index (χ4v) is 1.96. The van der Waals surface area contributed by atoms with Crippen LogP contribution in [0.3, 0.4) is 0 Å². The summed E-state index contributed by atoms with van der Waals surface area (Å²) in [5.41, 5.74) is 1.62. The van der Waals surface area contributed by atoms with Crippen molar-refractivity contribution in [3.63, 3.8) is 0 Å². The minimum absolute atomic E-state index is 0.190. The van der Waals surface area contributed by atoms with E-state index in [0.29, 0.717) is 18.3 Å². The van der Waals surface area contributed by atoms with Gasteiger partial charge in [-0.05, 0) is 12.1 Å². The van der Waals surface area contributed by atoms with Crippen molar-refractivity contribution in [2.45, 2.75) is 13.3 Å². The molecule has 7 heteroatoms. The smallest absolute Gasteiger partial charge is 0.407 e. The third-order valence-electron chi connectivity index (χ3n) is 3.00. The van der Waals surface area contributed by atoms with Gasteiger partial charge in [-0.25, -0.2) is 9.78 Å². The summed E-state index contributed by atoms with van der Waals surface area (Å²) in [4.78, 5) is 16.6. The number of methoxy groups -OCH3 is 2.